The predicted molar refractivity (Wildman–Crippen MR) is 155 cm³/mol. The van der Waals surface area contributed by atoms with Crippen molar-refractivity contribution in [2.45, 2.75) is 18.7 Å². The third-order valence-electron chi connectivity index (χ3n) is 5.91. The second-order valence-corrected chi connectivity index (χ2v) is 10.7. The van der Waals surface area contributed by atoms with Crippen LogP contribution in [0, 0.1) is 6.92 Å². The number of aryl methyl sites for hydroxylation is 1. The first-order chi connectivity index (χ1) is 19.7. The van der Waals surface area contributed by atoms with Gasteiger partial charge < -0.3 is 13.9 Å². The smallest absolute Gasteiger partial charge is 0.338 e. The van der Waals surface area contributed by atoms with Crippen LogP contribution < -0.4 is 14.5 Å². The fourth-order valence-electron chi connectivity index (χ4n) is 3.91. The lowest BCUT2D eigenvalue weighted by Crippen LogP contribution is -2.39. The van der Waals surface area contributed by atoms with Crippen molar-refractivity contribution in [2.75, 3.05) is 24.6 Å². The summed E-state index contributed by atoms with van der Waals surface area (Å²) in [5.41, 5.74) is 4.53. The summed E-state index contributed by atoms with van der Waals surface area (Å²) in [6, 6.07) is 23.0. The summed E-state index contributed by atoms with van der Waals surface area (Å²) in [5.74, 6) is 0.0947. The molecule has 4 aromatic rings. The molecule has 0 saturated carbocycles. The Balaban J connectivity index is 1.49. The van der Waals surface area contributed by atoms with E-state index in [2.05, 4.69) is 10.5 Å². The highest BCUT2D eigenvalue weighted by molar-refractivity contribution is 7.92. The molecule has 10 nitrogen and oxygen atoms in total. The van der Waals surface area contributed by atoms with E-state index in [1.165, 1.54) is 25.5 Å². The van der Waals surface area contributed by atoms with Crippen LogP contribution in [-0.2, 0) is 19.6 Å². The molecule has 0 saturated heterocycles. The molecule has 1 heterocycles. The number of furan rings is 1. The molecule has 0 radical (unpaired) electrons. The lowest BCUT2D eigenvalue weighted by Gasteiger charge is -2.25. The number of rotatable bonds is 11. The van der Waals surface area contributed by atoms with Crippen LogP contribution in [0.1, 0.15) is 28.6 Å². The largest absolute Gasteiger partial charge is 0.495 e. The Bertz CT molecular complexity index is 1650. The van der Waals surface area contributed by atoms with E-state index in [1.807, 2.05) is 6.92 Å². The minimum absolute atomic E-state index is 0.0262. The Labute approximate surface area is 238 Å². The van der Waals surface area contributed by atoms with Crippen LogP contribution in [0.15, 0.2) is 99.3 Å². The van der Waals surface area contributed by atoms with Crippen LogP contribution in [0.25, 0.3) is 11.3 Å². The highest BCUT2D eigenvalue weighted by Crippen LogP contribution is 2.33. The lowest BCUT2D eigenvalue weighted by molar-refractivity contribution is -0.119. The van der Waals surface area contributed by atoms with E-state index in [1.54, 1.807) is 79.7 Å². The van der Waals surface area contributed by atoms with E-state index in [0.717, 1.165) is 15.4 Å². The minimum Gasteiger partial charge on any atom is -0.495 e. The van der Waals surface area contributed by atoms with Gasteiger partial charge in [0.15, 0.2) is 0 Å². The van der Waals surface area contributed by atoms with Gasteiger partial charge in [-0.05, 0) is 67.9 Å². The Morgan fingerprint density at radius 2 is 1.73 bits per heavy atom. The fourth-order valence-corrected chi connectivity index (χ4v) is 5.35. The van der Waals surface area contributed by atoms with E-state index in [0.29, 0.717) is 29.4 Å². The summed E-state index contributed by atoms with van der Waals surface area (Å²) in [6.07, 6.45) is 1.30. The molecule has 1 amide bonds. The molecule has 0 aliphatic carbocycles. The SMILES string of the molecule is CCOC(=O)c1ccc(-c2ccc(/C=N\NC(=O)CN(c3cc(C)ccc3OC)S(=O)(=O)c3ccccc3)o2)cc1. The van der Waals surface area contributed by atoms with Crippen molar-refractivity contribution in [3.63, 3.8) is 0 Å². The van der Waals surface area contributed by atoms with Gasteiger partial charge >= 0.3 is 5.97 Å². The molecular weight excluding hydrogens is 546 g/mol. The van der Waals surface area contributed by atoms with Crippen LogP contribution in [0.4, 0.5) is 5.69 Å². The van der Waals surface area contributed by atoms with Gasteiger partial charge in [0, 0.05) is 5.56 Å². The zero-order valence-corrected chi connectivity index (χ0v) is 23.6. The number of hydrogen-bond donors (Lipinski definition) is 1. The highest BCUT2D eigenvalue weighted by Gasteiger charge is 2.29. The summed E-state index contributed by atoms with van der Waals surface area (Å²) >= 11 is 0. The number of methoxy groups -OCH3 is 1. The summed E-state index contributed by atoms with van der Waals surface area (Å²) in [7, 11) is -2.69. The number of ether oxygens (including phenoxy) is 2. The van der Waals surface area contributed by atoms with E-state index in [9.17, 15) is 18.0 Å². The standard InChI is InChI=1S/C30H29N3O7S/c1-4-39-30(35)23-13-11-22(12-14-23)27-17-15-24(40-27)19-31-32-29(34)20-33(26-18-21(2)10-16-28(26)38-3)41(36,37)25-8-6-5-7-9-25/h5-19H,4,20H2,1-3H3,(H,32,34)/b31-19-. The first-order valence-corrected chi connectivity index (χ1v) is 14.1. The van der Waals surface area contributed by atoms with E-state index in [4.69, 9.17) is 13.9 Å². The quantitative estimate of drug-likeness (QED) is 0.155. The zero-order chi connectivity index (χ0) is 29.4. The number of amides is 1. The molecule has 0 fully saturated rings. The molecule has 0 atom stereocenters. The summed E-state index contributed by atoms with van der Waals surface area (Å²) in [6.45, 7) is 3.29. The van der Waals surface area contributed by atoms with Gasteiger partial charge in [-0.3, -0.25) is 9.10 Å². The Hall–Kier alpha value is -4.90. The highest BCUT2D eigenvalue weighted by atomic mass is 32.2. The van der Waals surface area contributed by atoms with Gasteiger partial charge in [0.2, 0.25) is 0 Å². The minimum atomic E-state index is -4.12. The zero-order valence-electron chi connectivity index (χ0n) is 22.7. The molecule has 0 aliphatic heterocycles. The molecule has 1 aromatic heterocycles. The summed E-state index contributed by atoms with van der Waals surface area (Å²) < 4.78 is 44.3. The third-order valence-corrected chi connectivity index (χ3v) is 7.68. The number of esters is 1. The maximum Gasteiger partial charge on any atom is 0.338 e. The number of hydrazone groups is 1. The Kier molecular flexibility index (Phi) is 9.20. The predicted octanol–water partition coefficient (Wildman–Crippen LogP) is 4.79. The average molecular weight is 576 g/mol. The summed E-state index contributed by atoms with van der Waals surface area (Å²) in [4.78, 5) is 24.8. The van der Waals surface area contributed by atoms with Crippen LogP contribution in [0.3, 0.4) is 0 Å². The first kappa shape index (κ1) is 29.1. The monoisotopic (exact) mass is 575 g/mol. The van der Waals surface area contributed by atoms with Crippen molar-refractivity contribution < 1.29 is 31.9 Å². The number of carbonyl (C=O) groups excluding carboxylic acids is 2. The number of carbonyl (C=O) groups is 2. The molecule has 41 heavy (non-hydrogen) atoms. The van der Waals surface area contributed by atoms with E-state index >= 15 is 0 Å². The van der Waals surface area contributed by atoms with Gasteiger partial charge in [0.1, 0.15) is 23.8 Å². The number of benzene rings is 3. The molecule has 4 rings (SSSR count). The van der Waals surface area contributed by atoms with Crippen molar-refractivity contribution in [3.05, 3.63) is 102 Å². The van der Waals surface area contributed by atoms with Gasteiger partial charge in [-0.15, -0.1) is 0 Å². The number of nitrogens with zero attached hydrogens (tertiary/aromatic N) is 2. The molecule has 0 aliphatic rings. The molecule has 1 N–H and O–H groups in total. The van der Waals surface area contributed by atoms with Crippen molar-refractivity contribution in [2.24, 2.45) is 5.10 Å². The second kappa shape index (κ2) is 13.0. The first-order valence-electron chi connectivity index (χ1n) is 12.6. The van der Waals surface area contributed by atoms with E-state index in [-0.39, 0.29) is 10.6 Å². The molecule has 212 valence electrons. The van der Waals surface area contributed by atoms with Crippen LogP contribution in [-0.4, -0.2) is 46.8 Å². The molecule has 0 bridgehead atoms. The maximum absolute atomic E-state index is 13.6. The molecule has 0 spiro atoms. The van der Waals surface area contributed by atoms with Gasteiger partial charge in [0.05, 0.1) is 36.1 Å². The molecular formula is C30H29N3O7S. The second-order valence-electron chi connectivity index (χ2n) is 8.79. The molecule has 3 aromatic carbocycles. The summed E-state index contributed by atoms with van der Waals surface area (Å²) in [5, 5.41) is 3.94. The topological polar surface area (TPSA) is 128 Å². The lowest BCUT2D eigenvalue weighted by atomic mass is 10.1. The Morgan fingerprint density at radius 3 is 2.41 bits per heavy atom. The van der Waals surface area contributed by atoms with Crippen molar-refractivity contribution in [3.8, 4) is 17.1 Å². The fraction of sp³-hybridized carbons (Fsp3) is 0.167. The Morgan fingerprint density at radius 1 is 1.00 bits per heavy atom. The maximum atomic E-state index is 13.6. The number of anilines is 1. The molecule has 0 unspecified atom stereocenters. The number of hydrogen-bond acceptors (Lipinski definition) is 8. The third kappa shape index (κ3) is 7.00. The molecule has 11 heteroatoms. The normalized spacial score (nSPS) is 11.3. The van der Waals surface area contributed by atoms with Gasteiger partial charge in [-0.1, -0.05) is 36.4 Å². The van der Waals surface area contributed by atoms with Gasteiger partial charge in [0.25, 0.3) is 15.9 Å². The van der Waals surface area contributed by atoms with Gasteiger partial charge in [-0.25, -0.2) is 18.6 Å². The van der Waals surface area contributed by atoms with Crippen molar-refractivity contribution in [1.82, 2.24) is 5.43 Å². The van der Waals surface area contributed by atoms with Gasteiger partial charge in [-0.2, -0.15) is 5.10 Å². The van der Waals surface area contributed by atoms with Crippen molar-refractivity contribution in [1.29, 1.82) is 0 Å². The van der Waals surface area contributed by atoms with Crippen LogP contribution in [0.2, 0.25) is 0 Å². The van der Waals surface area contributed by atoms with Crippen molar-refractivity contribution >= 4 is 33.8 Å². The number of sulfonamides is 1. The average Bonchev–Trinajstić information content (AvgIpc) is 3.45. The number of nitrogens with one attached hydrogen (secondary N) is 1. The van der Waals surface area contributed by atoms with E-state index < -0.39 is 28.4 Å². The van der Waals surface area contributed by atoms with Crippen LogP contribution in [0.5, 0.6) is 5.75 Å². The van der Waals surface area contributed by atoms with Crippen LogP contribution >= 0.6 is 0 Å².